The van der Waals surface area contributed by atoms with Gasteiger partial charge in [-0.15, -0.1) is 0 Å². The van der Waals surface area contributed by atoms with Crippen molar-refractivity contribution in [3.63, 3.8) is 0 Å². The van der Waals surface area contributed by atoms with Crippen molar-refractivity contribution in [1.82, 2.24) is 5.32 Å². The van der Waals surface area contributed by atoms with E-state index < -0.39 is 6.10 Å². The maximum atomic E-state index is 9.80. The molecule has 1 aliphatic carbocycles. The number of aliphatic hydroxyl groups excluding tert-OH is 1. The summed E-state index contributed by atoms with van der Waals surface area (Å²) in [5, 5.41) is 13.0. The predicted octanol–water partition coefficient (Wildman–Crippen LogP) is 1.96. The molecule has 1 saturated carbocycles. The van der Waals surface area contributed by atoms with Crippen LogP contribution in [-0.4, -0.2) is 50.2 Å². The Kier molecular flexibility index (Phi) is 9.43. The molecule has 0 radical (unpaired) electrons. The Morgan fingerprint density at radius 3 is 2.58 bits per heavy atom. The number of rotatable bonds is 10. The number of hydrogen-bond donors (Lipinski definition) is 2. The predicted molar refractivity (Wildman–Crippen MR) is 77.4 cm³/mol. The van der Waals surface area contributed by atoms with Gasteiger partial charge in [0.25, 0.3) is 0 Å². The Morgan fingerprint density at radius 2 is 1.89 bits per heavy atom. The largest absolute Gasteiger partial charge is 0.389 e. The lowest BCUT2D eigenvalue weighted by Gasteiger charge is -2.23. The van der Waals surface area contributed by atoms with Gasteiger partial charge in [0.2, 0.25) is 0 Å². The molecule has 1 rings (SSSR count). The van der Waals surface area contributed by atoms with Crippen molar-refractivity contribution < 1.29 is 14.6 Å². The van der Waals surface area contributed by atoms with Gasteiger partial charge in [-0.3, -0.25) is 0 Å². The summed E-state index contributed by atoms with van der Waals surface area (Å²) in [5.74, 6) is 0.578. The normalized spacial score (nSPS) is 18.9. The molecule has 2 N–H and O–H groups in total. The summed E-state index contributed by atoms with van der Waals surface area (Å²) in [7, 11) is 0. The summed E-state index contributed by atoms with van der Waals surface area (Å²) in [5.41, 5.74) is 0. The maximum Gasteiger partial charge on any atom is 0.0897 e. The van der Waals surface area contributed by atoms with E-state index in [4.69, 9.17) is 9.47 Å². The van der Waals surface area contributed by atoms with Gasteiger partial charge in [-0.25, -0.2) is 0 Å². The van der Waals surface area contributed by atoms with Crippen LogP contribution in [0.2, 0.25) is 0 Å². The first-order chi connectivity index (χ1) is 9.18. The zero-order chi connectivity index (χ0) is 13.9. The first kappa shape index (κ1) is 16.9. The maximum absolute atomic E-state index is 9.80. The number of aliphatic hydroxyl groups is 1. The van der Waals surface area contributed by atoms with Gasteiger partial charge < -0.3 is 19.9 Å². The van der Waals surface area contributed by atoms with Crippen LogP contribution in [0.4, 0.5) is 0 Å². The van der Waals surface area contributed by atoms with Crippen LogP contribution in [-0.2, 0) is 9.47 Å². The van der Waals surface area contributed by atoms with Crippen LogP contribution in [0.25, 0.3) is 0 Å². The number of nitrogens with one attached hydrogen (secondary N) is 1. The summed E-state index contributed by atoms with van der Waals surface area (Å²) < 4.78 is 11.2. The minimum atomic E-state index is -0.410. The summed E-state index contributed by atoms with van der Waals surface area (Å²) in [6, 6.07) is 0. The van der Waals surface area contributed by atoms with Gasteiger partial charge in [0.05, 0.1) is 25.4 Å². The van der Waals surface area contributed by atoms with E-state index in [9.17, 15) is 5.11 Å². The Labute approximate surface area is 117 Å². The summed E-state index contributed by atoms with van der Waals surface area (Å²) >= 11 is 0. The van der Waals surface area contributed by atoms with Gasteiger partial charge in [0.15, 0.2) is 0 Å². The van der Waals surface area contributed by atoms with Crippen molar-refractivity contribution in [2.75, 3.05) is 32.9 Å². The lowest BCUT2D eigenvalue weighted by atomic mass is 9.98. The van der Waals surface area contributed by atoms with Crippen LogP contribution in [0, 0.1) is 5.92 Å². The molecule has 0 amide bonds. The second kappa shape index (κ2) is 10.6. The van der Waals surface area contributed by atoms with Crippen LogP contribution in [0.1, 0.15) is 46.0 Å². The zero-order valence-corrected chi connectivity index (χ0v) is 12.6. The molecule has 0 aliphatic heterocycles. The average Bonchev–Trinajstić information content (AvgIpc) is 2.41. The highest BCUT2D eigenvalue weighted by Gasteiger charge is 2.15. The minimum absolute atomic E-state index is 0.373. The average molecular weight is 273 g/mol. The molecule has 0 aromatic carbocycles. The van der Waals surface area contributed by atoms with Crippen LogP contribution in [0.3, 0.4) is 0 Å². The standard InChI is InChI=1S/C15H31NO3/c1-13(2)11-18-9-8-16-10-14(17)12-19-15-6-4-3-5-7-15/h13-17H,3-12H2,1-2H3. The summed E-state index contributed by atoms with van der Waals surface area (Å²) in [4.78, 5) is 0. The van der Waals surface area contributed by atoms with Gasteiger partial charge in [0.1, 0.15) is 0 Å². The molecule has 114 valence electrons. The number of ether oxygens (including phenoxy) is 2. The summed E-state index contributed by atoms with van der Waals surface area (Å²) in [6.07, 6.45) is 6.15. The third-order valence-corrected chi connectivity index (χ3v) is 3.33. The fraction of sp³-hybridized carbons (Fsp3) is 1.00. The van der Waals surface area contributed by atoms with E-state index in [0.717, 1.165) is 26.0 Å². The Bertz CT molecular complexity index is 206. The highest BCUT2D eigenvalue weighted by molar-refractivity contribution is 4.67. The van der Waals surface area contributed by atoms with Gasteiger partial charge in [-0.05, 0) is 18.8 Å². The van der Waals surface area contributed by atoms with Crippen molar-refractivity contribution in [2.24, 2.45) is 5.92 Å². The van der Waals surface area contributed by atoms with E-state index in [1.165, 1.54) is 19.3 Å². The molecule has 0 spiro atoms. The molecule has 19 heavy (non-hydrogen) atoms. The SMILES string of the molecule is CC(C)COCCNCC(O)COC1CCCCC1. The third kappa shape index (κ3) is 9.38. The highest BCUT2D eigenvalue weighted by atomic mass is 16.5. The molecule has 0 aromatic heterocycles. The van der Waals surface area contributed by atoms with Crippen molar-refractivity contribution in [2.45, 2.75) is 58.2 Å². The quantitative estimate of drug-likeness (QED) is 0.597. The van der Waals surface area contributed by atoms with Gasteiger partial charge in [-0.1, -0.05) is 33.1 Å². The van der Waals surface area contributed by atoms with E-state index in [0.29, 0.717) is 31.8 Å². The van der Waals surface area contributed by atoms with E-state index in [-0.39, 0.29) is 0 Å². The van der Waals surface area contributed by atoms with E-state index >= 15 is 0 Å². The molecule has 4 heteroatoms. The molecule has 1 unspecified atom stereocenters. The van der Waals surface area contributed by atoms with E-state index in [1.54, 1.807) is 0 Å². The Hall–Kier alpha value is -0.160. The first-order valence-electron chi connectivity index (χ1n) is 7.76. The zero-order valence-electron chi connectivity index (χ0n) is 12.6. The van der Waals surface area contributed by atoms with Crippen LogP contribution < -0.4 is 5.32 Å². The van der Waals surface area contributed by atoms with Crippen LogP contribution in [0.5, 0.6) is 0 Å². The first-order valence-corrected chi connectivity index (χ1v) is 7.76. The van der Waals surface area contributed by atoms with Crippen molar-refractivity contribution in [3.05, 3.63) is 0 Å². The molecule has 1 atom stereocenters. The molecule has 1 aliphatic rings. The fourth-order valence-corrected chi connectivity index (χ4v) is 2.27. The smallest absolute Gasteiger partial charge is 0.0897 e. The topological polar surface area (TPSA) is 50.7 Å². The number of hydrogen-bond acceptors (Lipinski definition) is 4. The van der Waals surface area contributed by atoms with E-state index in [2.05, 4.69) is 19.2 Å². The second-order valence-corrected chi connectivity index (χ2v) is 5.92. The molecule has 0 aromatic rings. The lowest BCUT2D eigenvalue weighted by molar-refractivity contribution is -0.0233. The molecule has 0 saturated heterocycles. The Balaban J connectivity index is 1.88. The molecular formula is C15H31NO3. The third-order valence-electron chi connectivity index (χ3n) is 3.33. The molecule has 1 fully saturated rings. The molecule has 0 bridgehead atoms. The van der Waals surface area contributed by atoms with Gasteiger partial charge >= 0.3 is 0 Å². The monoisotopic (exact) mass is 273 g/mol. The summed E-state index contributed by atoms with van der Waals surface area (Å²) in [6.45, 7) is 7.60. The van der Waals surface area contributed by atoms with Crippen LogP contribution >= 0.6 is 0 Å². The highest BCUT2D eigenvalue weighted by Crippen LogP contribution is 2.20. The Morgan fingerprint density at radius 1 is 1.16 bits per heavy atom. The fourth-order valence-electron chi connectivity index (χ4n) is 2.27. The van der Waals surface area contributed by atoms with Crippen molar-refractivity contribution >= 4 is 0 Å². The minimum Gasteiger partial charge on any atom is -0.389 e. The lowest BCUT2D eigenvalue weighted by Crippen LogP contribution is -2.34. The van der Waals surface area contributed by atoms with Gasteiger partial charge in [-0.2, -0.15) is 0 Å². The molecule has 0 heterocycles. The molecular weight excluding hydrogens is 242 g/mol. The van der Waals surface area contributed by atoms with Crippen molar-refractivity contribution in [1.29, 1.82) is 0 Å². The van der Waals surface area contributed by atoms with Crippen molar-refractivity contribution in [3.8, 4) is 0 Å². The van der Waals surface area contributed by atoms with E-state index in [1.807, 2.05) is 0 Å². The second-order valence-electron chi connectivity index (χ2n) is 5.92. The van der Waals surface area contributed by atoms with Gasteiger partial charge in [0, 0.05) is 19.7 Å². The molecule has 4 nitrogen and oxygen atoms in total. The van der Waals surface area contributed by atoms with Crippen LogP contribution in [0.15, 0.2) is 0 Å².